The Kier molecular flexibility index (Phi) is 4.35. The summed E-state index contributed by atoms with van der Waals surface area (Å²) in [6, 6.07) is 11.7. The fourth-order valence-corrected chi connectivity index (χ4v) is 3.15. The van der Waals surface area contributed by atoms with Crippen LogP contribution in [0.25, 0.3) is 0 Å². The maximum absolute atomic E-state index is 11.4. The van der Waals surface area contributed by atoms with Gasteiger partial charge in [-0.05, 0) is 37.6 Å². The number of hydrogen-bond donors (Lipinski definition) is 2. The van der Waals surface area contributed by atoms with Crippen LogP contribution < -0.4 is 11.5 Å². The summed E-state index contributed by atoms with van der Waals surface area (Å²) in [5.41, 5.74) is 15.8. The van der Waals surface area contributed by atoms with Crippen molar-refractivity contribution in [1.29, 1.82) is 0 Å². The van der Waals surface area contributed by atoms with Gasteiger partial charge in [0, 0.05) is 16.3 Å². The fraction of sp³-hybridized carbons (Fsp3) is 0.188. The van der Waals surface area contributed by atoms with Crippen molar-refractivity contribution in [3.63, 3.8) is 0 Å². The summed E-state index contributed by atoms with van der Waals surface area (Å²) in [7, 11) is 0. The monoisotopic (exact) mass is 286 g/mol. The SMILES string of the molecule is Cc1cc(C)cc(CSc2ccc(N)cc2C(N)=O)c1. The van der Waals surface area contributed by atoms with Gasteiger partial charge in [0.15, 0.2) is 0 Å². The summed E-state index contributed by atoms with van der Waals surface area (Å²) in [6.45, 7) is 4.17. The van der Waals surface area contributed by atoms with Gasteiger partial charge in [-0.2, -0.15) is 0 Å². The van der Waals surface area contributed by atoms with Crippen LogP contribution in [0.2, 0.25) is 0 Å². The van der Waals surface area contributed by atoms with Gasteiger partial charge in [0.2, 0.25) is 5.91 Å². The van der Waals surface area contributed by atoms with Crippen LogP contribution in [0.15, 0.2) is 41.3 Å². The highest BCUT2D eigenvalue weighted by Crippen LogP contribution is 2.28. The van der Waals surface area contributed by atoms with Gasteiger partial charge < -0.3 is 11.5 Å². The zero-order valence-corrected chi connectivity index (χ0v) is 12.5. The van der Waals surface area contributed by atoms with Gasteiger partial charge in [-0.3, -0.25) is 4.79 Å². The fourth-order valence-electron chi connectivity index (χ4n) is 2.18. The van der Waals surface area contributed by atoms with Crippen LogP contribution in [0.3, 0.4) is 0 Å². The highest BCUT2D eigenvalue weighted by Gasteiger charge is 2.09. The molecule has 0 saturated carbocycles. The van der Waals surface area contributed by atoms with Crippen molar-refractivity contribution in [2.24, 2.45) is 5.73 Å². The van der Waals surface area contributed by atoms with Crippen LogP contribution in [0.4, 0.5) is 5.69 Å². The predicted molar refractivity (Wildman–Crippen MR) is 84.8 cm³/mol. The van der Waals surface area contributed by atoms with Crippen molar-refractivity contribution in [1.82, 2.24) is 0 Å². The first kappa shape index (κ1) is 14.5. The summed E-state index contributed by atoms with van der Waals surface area (Å²) in [5.74, 6) is 0.354. The van der Waals surface area contributed by atoms with Crippen molar-refractivity contribution in [2.75, 3.05) is 5.73 Å². The summed E-state index contributed by atoms with van der Waals surface area (Å²) < 4.78 is 0. The first-order valence-electron chi connectivity index (χ1n) is 6.35. The van der Waals surface area contributed by atoms with E-state index in [1.807, 2.05) is 6.07 Å². The number of carbonyl (C=O) groups is 1. The zero-order chi connectivity index (χ0) is 14.7. The van der Waals surface area contributed by atoms with Crippen LogP contribution in [0.1, 0.15) is 27.0 Å². The average molecular weight is 286 g/mol. The molecular weight excluding hydrogens is 268 g/mol. The highest BCUT2D eigenvalue weighted by atomic mass is 32.2. The number of amides is 1. The quantitative estimate of drug-likeness (QED) is 0.669. The van der Waals surface area contributed by atoms with Crippen molar-refractivity contribution >= 4 is 23.4 Å². The van der Waals surface area contributed by atoms with Crippen molar-refractivity contribution < 1.29 is 4.79 Å². The third-order valence-electron chi connectivity index (χ3n) is 2.94. The lowest BCUT2D eigenvalue weighted by molar-refractivity contribution is 0.0997. The molecule has 0 aliphatic rings. The molecule has 0 heterocycles. The minimum atomic E-state index is -0.444. The van der Waals surface area contributed by atoms with Gasteiger partial charge in [-0.25, -0.2) is 0 Å². The van der Waals surface area contributed by atoms with E-state index in [9.17, 15) is 4.79 Å². The molecule has 4 N–H and O–H groups in total. The van der Waals surface area contributed by atoms with Crippen molar-refractivity contribution in [3.05, 3.63) is 58.7 Å². The summed E-state index contributed by atoms with van der Waals surface area (Å²) >= 11 is 1.60. The largest absolute Gasteiger partial charge is 0.399 e. The average Bonchev–Trinajstić information content (AvgIpc) is 2.36. The number of anilines is 1. The number of nitrogens with two attached hydrogens (primary N) is 2. The highest BCUT2D eigenvalue weighted by molar-refractivity contribution is 7.98. The molecule has 0 aliphatic carbocycles. The second-order valence-corrected chi connectivity index (χ2v) is 5.92. The van der Waals surface area contributed by atoms with Crippen LogP contribution in [-0.4, -0.2) is 5.91 Å². The van der Waals surface area contributed by atoms with Crippen molar-refractivity contribution in [3.8, 4) is 0 Å². The molecule has 104 valence electrons. The molecule has 0 bridgehead atoms. The van der Waals surface area contributed by atoms with E-state index in [1.54, 1.807) is 23.9 Å². The Bertz CT molecular complexity index is 633. The van der Waals surface area contributed by atoms with Gasteiger partial charge in [-0.15, -0.1) is 11.8 Å². The summed E-state index contributed by atoms with van der Waals surface area (Å²) in [4.78, 5) is 12.3. The normalized spacial score (nSPS) is 10.5. The Balaban J connectivity index is 2.20. The molecule has 2 aromatic rings. The number of rotatable bonds is 4. The van der Waals surface area contributed by atoms with Gasteiger partial charge in [-0.1, -0.05) is 29.3 Å². The molecule has 1 amide bonds. The molecule has 4 heteroatoms. The molecule has 2 aromatic carbocycles. The molecule has 0 aliphatic heterocycles. The number of nitrogen functional groups attached to an aromatic ring is 1. The van der Waals surface area contributed by atoms with Gasteiger partial charge in [0.25, 0.3) is 0 Å². The molecule has 0 aromatic heterocycles. The Labute approximate surface area is 123 Å². The number of thioether (sulfide) groups is 1. The number of benzene rings is 2. The lowest BCUT2D eigenvalue weighted by Crippen LogP contribution is -2.12. The van der Waals surface area contributed by atoms with E-state index >= 15 is 0 Å². The Hall–Kier alpha value is -1.94. The third-order valence-corrected chi connectivity index (χ3v) is 4.09. The van der Waals surface area contributed by atoms with E-state index in [0.29, 0.717) is 11.3 Å². The van der Waals surface area contributed by atoms with E-state index < -0.39 is 5.91 Å². The molecule has 0 atom stereocenters. The lowest BCUT2D eigenvalue weighted by Gasteiger charge is -2.09. The van der Waals surface area contributed by atoms with E-state index in [2.05, 4.69) is 32.0 Å². The molecule has 0 saturated heterocycles. The lowest BCUT2D eigenvalue weighted by atomic mass is 10.1. The van der Waals surface area contributed by atoms with Crippen LogP contribution in [0.5, 0.6) is 0 Å². The molecule has 0 unspecified atom stereocenters. The summed E-state index contributed by atoms with van der Waals surface area (Å²) in [6.07, 6.45) is 0. The molecule has 2 rings (SSSR count). The Morgan fingerprint density at radius 2 is 1.75 bits per heavy atom. The second-order valence-electron chi connectivity index (χ2n) is 4.90. The van der Waals surface area contributed by atoms with Crippen LogP contribution in [-0.2, 0) is 5.75 Å². The minimum Gasteiger partial charge on any atom is -0.399 e. The zero-order valence-electron chi connectivity index (χ0n) is 11.6. The predicted octanol–water partition coefficient (Wildman–Crippen LogP) is 3.28. The molecular formula is C16H18N2OS. The maximum atomic E-state index is 11.4. The van der Waals surface area contributed by atoms with Gasteiger partial charge >= 0.3 is 0 Å². The van der Waals surface area contributed by atoms with Crippen molar-refractivity contribution in [2.45, 2.75) is 24.5 Å². The maximum Gasteiger partial charge on any atom is 0.249 e. The van der Waals surface area contributed by atoms with Gasteiger partial charge in [0.05, 0.1) is 5.56 Å². The molecule has 20 heavy (non-hydrogen) atoms. The topological polar surface area (TPSA) is 69.1 Å². The third kappa shape index (κ3) is 3.54. The number of primary amides is 1. The Morgan fingerprint density at radius 1 is 1.10 bits per heavy atom. The molecule has 0 fully saturated rings. The second kappa shape index (κ2) is 6.01. The van der Waals surface area contributed by atoms with E-state index in [-0.39, 0.29) is 0 Å². The smallest absolute Gasteiger partial charge is 0.249 e. The van der Waals surface area contributed by atoms with E-state index in [0.717, 1.165) is 10.6 Å². The van der Waals surface area contributed by atoms with E-state index in [1.165, 1.54) is 16.7 Å². The minimum absolute atomic E-state index is 0.444. The van der Waals surface area contributed by atoms with Crippen LogP contribution >= 0.6 is 11.8 Å². The first-order chi connectivity index (χ1) is 9.45. The standard InChI is InChI=1S/C16H18N2OS/c1-10-5-11(2)7-12(6-10)9-20-15-4-3-13(17)8-14(15)16(18)19/h3-8H,9,17H2,1-2H3,(H2,18,19). The van der Waals surface area contributed by atoms with Crippen LogP contribution in [0, 0.1) is 13.8 Å². The molecule has 0 spiro atoms. The molecule has 0 radical (unpaired) electrons. The Morgan fingerprint density at radius 3 is 2.35 bits per heavy atom. The summed E-state index contributed by atoms with van der Waals surface area (Å²) in [5, 5.41) is 0. The number of carbonyl (C=O) groups excluding carboxylic acids is 1. The van der Waals surface area contributed by atoms with E-state index in [4.69, 9.17) is 11.5 Å². The number of aryl methyl sites for hydroxylation is 2. The van der Waals surface area contributed by atoms with Gasteiger partial charge in [0.1, 0.15) is 0 Å². The molecule has 3 nitrogen and oxygen atoms in total. The first-order valence-corrected chi connectivity index (χ1v) is 7.33. The number of hydrogen-bond acceptors (Lipinski definition) is 3.